The molecule has 0 aliphatic carbocycles. The molecule has 0 saturated carbocycles. The van der Waals surface area contributed by atoms with Gasteiger partial charge in [-0.05, 0) is 56.0 Å². The van der Waals surface area contributed by atoms with Gasteiger partial charge in [0.1, 0.15) is 12.3 Å². The number of methoxy groups -OCH3 is 1. The number of nitrogens with zero attached hydrogens (tertiary/aromatic N) is 3. The predicted molar refractivity (Wildman–Crippen MR) is 155 cm³/mol. The van der Waals surface area contributed by atoms with Crippen LogP contribution in [0.25, 0.3) is 11.3 Å². The standard InChI is InChI=1S/C30H34ClN5O5/c1-30(2,39)27(19-5-4-6-22(13-19)40-3)34-25(37)17-36-16-20-8-7-18(14-23(20)28(36)38)26-24(31)15-32-29(35-26)33-21-9-11-41-12-10-21/h4-8,13-15,21,27,39H,9-12,16-17H2,1-3H3,(H,34,37)(H,32,33,35). The van der Waals surface area contributed by atoms with E-state index in [9.17, 15) is 14.7 Å². The molecule has 1 atom stereocenters. The molecule has 2 aliphatic rings. The van der Waals surface area contributed by atoms with E-state index >= 15 is 0 Å². The molecule has 3 aromatic rings. The first-order valence-electron chi connectivity index (χ1n) is 13.6. The predicted octanol–water partition coefficient (Wildman–Crippen LogP) is 3.98. The van der Waals surface area contributed by atoms with Crippen LogP contribution in [-0.4, -0.2) is 70.3 Å². The zero-order valence-electron chi connectivity index (χ0n) is 23.3. The van der Waals surface area contributed by atoms with Crippen LogP contribution < -0.4 is 15.4 Å². The Balaban J connectivity index is 1.29. The summed E-state index contributed by atoms with van der Waals surface area (Å²) in [7, 11) is 1.56. The molecule has 0 radical (unpaired) electrons. The average molecular weight is 580 g/mol. The smallest absolute Gasteiger partial charge is 0.254 e. The number of anilines is 1. The van der Waals surface area contributed by atoms with Gasteiger partial charge in [-0.3, -0.25) is 9.59 Å². The first-order chi connectivity index (χ1) is 19.6. The van der Waals surface area contributed by atoms with Crippen LogP contribution in [0.4, 0.5) is 5.95 Å². The summed E-state index contributed by atoms with van der Waals surface area (Å²) < 4.78 is 10.7. The zero-order chi connectivity index (χ0) is 29.1. The van der Waals surface area contributed by atoms with Gasteiger partial charge in [0, 0.05) is 36.9 Å². The Bertz CT molecular complexity index is 1440. The molecule has 1 aromatic heterocycles. The van der Waals surface area contributed by atoms with E-state index in [1.807, 2.05) is 18.2 Å². The molecule has 3 N–H and O–H groups in total. The number of halogens is 1. The maximum absolute atomic E-state index is 13.4. The Hall–Kier alpha value is -3.73. The van der Waals surface area contributed by atoms with Crippen molar-refractivity contribution in [2.24, 2.45) is 0 Å². The molecular weight excluding hydrogens is 546 g/mol. The topological polar surface area (TPSA) is 126 Å². The van der Waals surface area contributed by atoms with Gasteiger partial charge in [0.25, 0.3) is 5.91 Å². The summed E-state index contributed by atoms with van der Waals surface area (Å²) in [5, 5.41) is 17.4. The first kappa shape index (κ1) is 28.8. The normalized spacial score (nSPS) is 16.3. The average Bonchev–Trinajstić information content (AvgIpc) is 3.26. The molecule has 2 amide bonds. The number of aromatic nitrogens is 2. The fourth-order valence-electron chi connectivity index (χ4n) is 5.17. The van der Waals surface area contributed by atoms with Gasteiger partial charge >= 0.3 is 0 Å². The fraction of sp³-hybridized carbons (Fsp3) is 0.400. The van der Waals surface area contributed by atoms with E-state index in [2.05, 4.69) is 20.6 Å². The van der Waals surface area contributed by atoms with Crippen LogP contribution in [-0.2, 0) is 16.1 Å². The second-order valence-corrected chi connectivity index (χ2v) is 11.3. The fourth-order valence-corrected chi connectivity index (χ4v) is 5.37. The monoisotopic (exact) mass is 579 g/mol. The molecule has 0 spiro atoms. The largest absolute Gasteiger partial charge is 0.497 e. The highest BCUT2D eigenvalue weighted by atomic mass is 35.5. The molecule has 216 valence electrons. The molecule has 41 heavy (non-hydrogen) atoms. The highest BCUT2D eigenvalue weighted by Gasteiger charge is 2.33. The SMILES string of the molecule is COc1cccc(C(NC(=O)CN2Cc3ccc(-c4nc(NC5CCOCC5)ncc4Cl)cc3C2=O)C(C)(C)O)c1. The second-order valence-electron chi connectivity index (χ2n) is 10.9. The van der Waals surface area contributed by atoms with Crippen LogP contribution in [0.3, 0.4) is 0 Å². The molecule has 11 heteroatoms. The molecule has 5 rings (SSSR count). The number of hydrogen-bond acceptors (Lipinski definition) is 8. The van der Waals surface area contributed by atoms with E-state index in [-0.39, 0.29) is 24.4 Å². The van der Waals surface area contributed by atoms with Crippen LogP contribution in [0.1, 0.15) is 54.2 Å². The van der Waals surface area contributed by atoms with Gasteiger partial charge < -0.3 is 30.1 Å². The van der Waals surface area contributed by atoms with Gasteiger partial charge in [-0.15, -0.1) is 0 Å². The van der Waals surface area contributed by atoms with E-state index < -0.39 is 11.6 Å². The minimum atomic E-state index is -1.26. The summed E-state index contributed by atoms with van der Waals surface area (Å²) in [6, 6.07) is 12.2. The molecular formula is C30H34ClN5O5. The maximum Gasteiger partial charge on any atom is 0.254 e. The van der Waals surface area contributed by atoms with Crippen molar-refractivity contribution in [3.8, 4) is 17.0 Å². The third-order valence-electron chi connectivity index (χ3n) is 7.33. The number of benzene rings is 2. The lowest BCUT2D eigenvalue weighted by Gasteiger charge is -2.31. The molecule has 10 nitrogen and oxygen atoms in total. The quantitative estimate of drug-likeness (QED) is 0.347. The van der Waals surface area contributed by atoms with E-state index in [0.717, 1.165) is 18.4 Å². The Labute approximate surface area is 244 Å². The van der Waals surface area contributed by atoms with Gasteiger partial charge in [-0.1, -0.05) is 35.9 Å². The molecule has 2 aromatic carbocycles. The minimum absolute atomic E-state index is 0.160. The lowest BCUT2D eigenvalue weighted by molar-refractivity contribution is -0.124. The lowest BCUT2D eigenvalue weighted by Crippen LogP contribution is -2.46. The van der Waals surface area contributed by atoms with Crippen LogP contribution >= 0.6 is 11.6 Å². The number of hydrogen-bond donors (Lipinski definition) is 3. The number of amides is 2. The second kappa shape index (κ2) is 12.0. The van der Waals surface area contributed by atoms with Gasteiger partial charge in [-0.25, -0.2) is 9.97 Å². The number of rotatable bonds is 9. The maximum atomic E-state index is 13.4. The molecule has 1 unspecified atom stereocenters. The van der Waals surface area contributed by atoms with E-state index in [4.69, 9.17) is 21.1 Å². The van der Waals surface area contributed by atoms with Crippen LogP contribution in [0.2, 0.25) is 5.02 Å². The van der Waals surface area contributed by atoms with Crippen molar-refractivity contribution < 1.29 is 24.2 Å². The van der Waals surface area contributed by atoms with Crippen molar-refractivity contribution in [2.45, 2.75) is 50.9 Å². The van der Waals surface area contributed by atoms with Crippen LogP contribution in [0.15, 0.2) is 48.7 Å². The number of carbonyl (C=O) groups excluding carboxylic acids is 2. The van der Waals surface area contributed by atoms with Crippen LogP contribution in [0, 0.1) is 0 Å². The van der Waals surface area contributed by atoms with Crippen molar-refractivity contribution in [1.29, 1.82) is 0 Å². The van der Waals surface area contributed by atoms with Crippen molar-refractivity contribution in [3.05, 3.63) is 70.4 Å². The molecule has 0 bridgehead atoms. The summed E-state index contributed by atoms with van der Waals surface area (Å²) in [5.74, 6) is 0.439. The highest BCUT2D eigenvalue weighted by molar-refractivity contribution is 6.33. The van der Waals surface area contributed by atoms with Crippen molar-refractivity contribution in [1.82, 2.24) is 20.2 Å². The van der Waals surface area contributed by atoms with E-state index in [1.165, 1.54) is 4.90 Å². The number of carbonyl (C=O) groups is 2. The van der Waals surface area contributed by atoms with Gasteiger partial charge in [0.2, 0.25) is 11.9 Å². The summed E-state index contributed by atoms with van der Waals surface area (Å²) in [5.41, 5.74) is 1.95. The number of ether oxygens (including phenoxy) is 2. The lowest BCUT2D eigenvalue weighted by atomic mass is 9.91. The van der Waals surface area contributed by atoms with Crippen molar-refractivity contribution in [2.75, 3.05) is 32.2 Å². The summed E-state index contributed by atoms with van der Waals surface area (Å²) in [6.45, 7) is 4.77. The highest BCUT2D eigenvalue weighted by Crippen LogP contribution is 2.32. The van der Waals surface area contributed by atoms with E-state index in [0.29, 0.717) is 58.9 Å². The summed E-state index contributed by atoms with van der Waals surface area (Å²) in [4.78, 5) is 36.9. The molecule has 1 saturated heterocycles. The molecule has 2 aliphatic heterocycles. The minimum Gasteiger partial charge on any atom is -0.497 e. The third kappa shape index (κ3) is 6.61. The Morgan fingerprint density at radius 3 is 2.76 bits per heavy atom. The number of aliphatic hydroxyl groups is 1. The molecule has 1 fully saturated rings. The third-order valence-corrected chi connectivity index (χ3v) is 7.61. The van der Waals surface area contributed by atoms with Crippen LogP contribution in [0.5, 0.6) is 5.75 Å². The molecule has 3 heterocycles. The van der Waals surface area contributed by atoms with Crippen molar-refractivity contribution in [3.63, 3.8) is 0 Å². The Morgan fingerprint density at radius 2 is 2.02 bits per heavy atom. The summed E-state index contributed by atoms with van der Waals surface area (Å²) >= 11 is 6.46. The number of nitrogens with one attached hydrogen (secondary N) is 2. The van der Waals surface area contributed by atoms with Gasteiger partial charge in [0.15, 0.2) is 0 Å². The van der Waals surface area contributed by atoms with Crippen molar-refractivity contribution >= 4 is 29.4 Å². The van der Waals surface area contributed by atoms with Gasteiger partial charge in [-0.2, -0.15) is 0 Å². The Kier molecular flexibility index (Phi) is 8.44. The zero-order valence-corrected chi connectivity index (χ0v) is 24.1. The number of fused-ring (bicyclic) bond motifs is 1. The van der Waals surface area contributed by atoms with E-state index in [1.54, 1.807) is 51.4 Å². The Morgan fingerprint density at radius 1 is 1.24 bits per heavy atom. The summed E-state index contributed by atoms with van der Waals surface area (Å²) in [6.07, 6.45) is 3.29. The first-order valence-corrected chi connectivity index (χ1v) is 13.9. The van der Waals surface area contributed by atoms with Gasteiger partial charge in [0.05, 0.1) is 35.7 Å².